The number of benzene rings is 1. The van der Waals surface area contributed by atoms with E-state index in [1.54, 1.807) is 0 Å². The average Bonchev–Trinajstić information content (AvgIpc) is 2.43. The van der Waals surface area contributed by atoms with Gasteiger partial charge in [-0.2, -0.15) is 0 Å². The van der Waals surface area contributed by atoms with Crippen molar-refractivity contribution in [2.24, 2.45) is 0 Å². The molecule has 0 N–H and O–H groups in total. The third-order valence-corrected chi connectivity index (χ3v) is 4.31. The summed E-state index contributed by atoms with van der Waals surface area (Å²) in [4.78, 5) is 14.6. The number of rotatable bonds is 7. The summed E-state index contributed by atoms with van der Waals surface area (Å²) in [6.45, 7) is 9.29. The second kappa shape index (κ2) is 8.46. The summed E-state index contributed by atoms with van der Waals surface area (Å²) in [5.74, 6) is 0.237. The van der Waals surface area contributed by atoms with Crippen LogP contribution in [0.25, 0.3) is 0 Å². The van der Waals surface area contributed by atoms with E-state index in [-0.39, 0.29) is 5.91 Å². The van der Waals surface area contributed by atoms with E-state index in [2.05, 4.69) is 61.8 Å². The van der Waals surface area contributed by atoms with Gasteiger partial charge in [-0.15, -0.1) is 0 Å². The molecule has 0 unspecified atom stereocenters. The lowest BCUT2D eigenvalue weighted by Gasteiger charge is -2.30. The lowest BCUT2D eigenvalue weighted by molar-refractivity contribution is -0.132. The molecule has 0 bridgehead atoms. The van der Waals surface area contributed by atoms with Gasteiger partial charge in [0.05, 0.1) is 6.42 Å². The highest BCUT2D eigenvalue weighted by molar-refractivity contribution is 9.09. The largest absolute Gasteiger partial charge is 0.339 e. The van der Waals surface area contributed by atoms with Gasteiger partial charge in [-0.1, -0.05) is 48.0 Å². The predicted octanol–water partition coefficient (Wildman–Crippen LogP) is 4.26. The Hall–Kier alpha value is -0.830. The van der Waals surface area contributed by atoms with Gasteiger partial charge in [0.2, 0.25) is 5.91 Å². The number of hydrogen-bond acceptors (Lipinski definition) is 1. The fraction of sp³-hybridized carbons (Fsp3) is 0.588. The van der Waals surface area contributed by atoms with E-state index >= 15 is 0 Å². The first-order valence-electron chi connectivity index (χ1n) is 7.45. The van der Waals surface area contributed by atoms with Crippen LogP contribution in [-0.2, 0) is 11.2 Å². The molecule has 0 atom stereocenters. The van der Waals surface area contributed by atoms with Crippen LogP contribution in [0, 0.1) is 13.8 Å². The summed E-state index contributed by atoms with van der Waals surface area (Å²) in [5.41, 5.74) is 3.65. The maximum Gasteiger partial charge on any atom is 0.227 e. The van der Waals surface area contributed by atoms with E-state index in [1.807, 2.05) is 4.90 Å². The first-order valence-corrected chi connectivity index (χ1v) is 8.57. The summed E-state index contributed by atoms with van der Waals surface area (Å²) < 4.78 is 0. The molecule has 112 valence electrons. The zero-order valence-electron chi connectivity index (χ0n) is 13.1. The molecule has 0 saturated carbocycles. The fourth-order valence-electron chi connectivity index (χ4n) is 2.52. The molecule has 1 aromatic carbocycles. The minimum Gasteiger partial charge on any atom is -0.339 e. The zero-order valence-corrected chi connectivity index (χ0v) is 14.7. The molecule has 0 fully saturated rings. The van der Waals surface area contributed by atoms with Gasteiger partial charge in [-0.3, -0.25) is 4.79 Å². The van der Waals surface area contributed by atoms with Crippen LogP contribution in [0.5, 0.6) is 0 Å². The number of alkyl halides is 1. The number of amides is 1. The minimum atomic E-state index is 0.237. The minimum absolute atomic E-state index is 0.237. The van der Waals surface area contributed by atoms with Crippen molar-refractivity contribution in [1.82, 2.24) is 4.90 Å². The maximum absolute atomic E-state index is 12.6. The van der Waals surface area contributed by atoms with E-state index in [1.165, 1.54) is 11.1 Å². The van der Waals surface area contributed by atoms with Crippen LogP contribution in [0.2, 0.25) is 0 Å². The fourth-order valence-corrected chi connectivity index (χ4v) is 2.90. The molecule has 1 amide bonds. The first kappa shape index (κ1) is 17.2. The molecule has 0 spiro atoms. The average molecular weight is 340 g/mol. The van der Waals surface area contributed by atoms with Crippen molar-refractivity contribution in [1.29, 1.82) is 0 Å². The topological polar surface area (TPSA) is 20.3 Å². The summed E-state index contributed by atoms with van der Waals surface area (Å²) in [5, 5.41) is 0.835. The summed E-state index contributed by atoms with van der Waals surface area (Å²) >= 11 is 3.46. The van der Waals surface area contributed by atoms with Gasteiger partial charge in [0.1, 0.15) is 0 Å². The van der Waals surface area contributed by atoms with Crippen molar-refractivity contribution >= 4 is 21.8 Å². The van der Waals surface area contributed by atoms with E-state index < -0.39 is 0 Å². The van der Waals surface area contributed by atoms with E-state index in [9.17, 15) is 4.79 Å². The van der Waals surface area contributed by atoms with Crippen molar-refractivity contribution in [3.63, 3.8) is 0 Å². The molecule has 20 heavy (non-hydrogen) atoms. The molecule has 0 aliphatic heterocycles. The highest BCUT2D eigenvalue weighted by atomic mass is 79.9. The van der Waals surface area contributed by atoms with Crippen LogP contribution in [-0.4, -0.2) is 28.7 Å². The van der Waals surface area contributed by atoms with Gasteiger partial charge in [0, 0.05) is 17.9 Å². The smallest absolute Gasteiger partial charge is 0.227 e. The number of carbonyl (C=O) groups excluding carboxylic acids is 1. The molecule has 0 aromatic heterocycles. The Labute approximate surface area is 131 Å². The molecule has 1 aromatic rings. The summed E-state index contributed by atoms with van der Waals surface area (Å²) in [6.07, 6.45) is 2.54. The lowest BCUT2D eigenvalue weighted by Crippen LogP contribution is -2.41. The Balaban J connectivity index is 2.81. The molecule has 0 saturated heterocycles. The molecule has 0 heterocycles. The molecule has 2 nitrogen and oxygen atoms in total. The normalized spacial score (nSPS) is 10.9. The molecule has 0 aliphatic rings. The zero-order chi connectivity index (χ0) is 15.1. The molecule has 0 aliphatic carbocycles. The molecule has 0 radical (unpaired) electrons. The molecular formula is C17H26BrNO. The number of aryl methyl sites for hydroxylation is 2. The Kier molecular flexibility index (Phi) is 7.28. The Morgan fingerprint density at radius 2 is 1.85 bits per heavy atom. The summed E-state index contributed by atoms with van der Waals surface area (Å²) in [6, 6.07) is 6.65. The van der Waals surface area contributed by atoms with Gasteiger partial charge < -0.3 is 4.90 Å². The Bertz CT molecular complexity index is 441. The van der Waals surface area contributed by atoms with Crippen LogP contribution in [0.15, 0.2) is 18.2 Å². The second-order valence-corrected chi connectivity index (χ2v) is 6.13. The van der Waals surface area contributed by atoms with Gasteiger partial charge in [-0.25, -0.2) is 0 Å². The predicted molar refractivity (Wildman–Crippen MR) is 89.5 cm³/mol. The highest BCUT2D eigenvalue weighted by Crippen LogP contribution is 2.14. The standard InChI is InChI=1S/C17H26BrNO/c1-5-16(6-2)19(10-9-18)17(20)12-15-8-7-13(3)14(4)11-15/h7-8,11,16H,5-6,9-10,12H2,1-4H3. The van der Waals surface area contributed by atoms with Crippen LogP contribution in [0.3, 0.4) is 0 Å². The number of halogens is 1. The maximum atomic E-state index is 12.6. The van der Waals surface area contributed by atoms with E-state index in [0.717, 1.165) is 30.3 Å². The SMILES string of the molecule is CCC(CC)N(CCBr)C(=O)Cc1ccc(C)c(C)c1. The molecular weight excluding hydrogens is 314 g/mol. The van der Waals surface area contributed by atoms with Gasteiger partial charge in [0.25, 0.3) is 0 Å². The van der Waals surface area contributed by atoms with E-state index in [0.29, 0.717) is 12.5 Å². The van der Waals surface area contributed by atoms with Crippen molar-refractivity contribution in [2.45, 2.75) is 53.0 Å². The summed E-state index contributed by atoms with van der Waals surface area (Å²) in [7, 11) is 0. The van der Waals surface area contributed by atoms with Crippen LogP contribution in [0.4, 0.5) is 0 Å². The van der Waals surface area contributed by atoms with Crippen LogP contribution >= 0.6 is 15.9 Å². The number of nitrogens with zero attached hydrogens (tertiary/aromatic N) is 1. The van der Waals surface area contributed by atoms with Crippen molar-refractivity contribution in [2.75, 3.05) is 11.9 Å². The quantitative estimate of drug-likeness (QED) is 0.679. The van der Waals surface area contributed by atoms with Gasteiger partial charge >= 0.3 is 0 Å². The van der Waals surface area contributed by atoms with Crippen molar-refractivity contribution < 1.29 is 4.79 Å². The highest BCUT2D eigenvalue weighted by Gasteiger charge is 2.20. The molecule has 3 heteroatoms. The van der Waals surface area contributed by atoms with Gasteiger partial charge in [0.15, 0.2) is 0 Å². The third-order valence-electron chi connectivity index (χ3n) is 3.96. The number of hydrogen-bond donors (Lipinski definition) is 0. The second-order valence-electron chi connectivity index (χ2n) is 5.34. The van der Waals surface area contributed by atoms with Crippen LogP contribution in [0.1, 0.15) is 43.4 Å². The Morgan fingerprint density at radius 3 is 2.35 bits per heavy atom. The van der Waals surface area contributed by atoms with E-state index in [4.69, 9.17) is 0 Å². The van der Waals surface area contributed by atoms with Crippen molar-refractivity contribution in [3.8, 4) is 0 Å². The van der Waals surface area contributed by atoms with Gasteiger partial charge in [-0.05, 0) is 43.4 Å². The monoisotopic (exact) mass is 339 g/mol. The Morgan fingerprint density at radius 1 is 1.20 bits per heavy atom. The molecule has 1 rings (SSSR count). The first-order chi connectivity index (χ1) is 9.53. The van der Waals surface area contributed by atoms with Crippen molar-refractivity contribution in [3.05, 3.63) is 34.9 Å². The third kappa shape index (κ3) is 4.62. The lowest BCUT2D eigenvalue weighted by atomic mass is 10.0. The van der Waals surface area contributed by atoms with Crippen LogP contribution < -0.4 is 0 Å². The number of carbonyl (C=O) groups is 1.